The summed E-state index contributed by atoms with van der Waals surface area (Å²) in [7, 11) is 1.13. The fourth-order valence-corrected chi connectivity index (χ4v) is 3.05. The van der Waals surface area contributed by atoms with Crippen LogP contribution in [0, 0.1) is 0 Å². The molecule has 0 aromatic carbocycles. The molecule has 0 aliphatic carbocycles. The number of halogens is 5. The van der Waals surface area contributed by atoms with Gasteiger partial charge in [-0.3, -0.25) is 4.79 Å². The monoisotopic (exact) mass is 369 g/mol. The molecule has 1 aromatic rings. The molecule has 0 spiro atoms. The van der Waals surface area contributed by atoms with E-state index in [1.807, 2.05) is 0 Å². The van der Waals surface area contributed by atoms with E-state index in [1.165, 1.54) is 6.20 Å². The Morgan fingerprint density at radius 2 is 2.08 bits per heavy atom. The summed E-state index contributed by atoms with van der Waals surface area (Å²) in [6.45, 7) is 0.113. The van der Waals surface area contributed by atoms with Crippen molar-refractivity contribution >= 4 is 17.4 Å². The molecule has 0 radical (unpaired) electrons. The van der Waals surface area contributed by atoms with Crippen molar-refractivity contribution in [1.29, 1.82) is 0 Å². The smallest absolute Gasteiger partial charge is 0.394 e. The highest BCUT2D eigenvalue weighted by Crippen LogP contribution is 2.28. The van der Waals surface area contributed by atoms with Gasteiger partial charge in [0.15, 0.2) is 5.82 Å². The highest BCUT2D eigenvalue weighted by Gasteiger charge is 2.43. The molecule has 0 bridgehead atoms. The highest BCUT2D eigenvalue weighted by molar-refractivity contribution is 5.81. The number of nitrogens with two attached hydrogens (primary N) is 1. The second-order valence-corrected chi connectivity index (χ2v) is 5.98. The molecule has 2 N–H and O–H groups in total. The summed E-state index contributed by atoms with van der Waals surface area (Å²) >= 11 is 0. The summed E-state index contributed by atoms with van der Waals surface area (Å²) in [4.78, 5) is 13.8. The van der Waals surface area contributed by atoms with Gasteiger partial charge in [-0.1, -0.05) is 0 Å². The maximum absolute atomic E-state index is 12.7. The van der Waals surface area contributed by atoms with Crippen LogP contribution in [0.2, 0.25) is 0 Å². The molecular weight excluding hydrogens is 349 g/mol. The van der Waals surface area contributed by atoms with E-state index in [0.717, 1.165) is 11.7 Å². The lowest BCUT2D eigenvalue weighted by Crippen LogP contribution is -2.45. The van der Waals surface area contributed by atoms with Crippen molar-refractivity contribution in [1.82, 2.24) is 14.7 Å². The topological polar surface area (TPSA) is 67.4 Å². The van der Waals surface area contributed by atoms with Gasteiger partial charge >= 0.3 is 12.1 Å². The first-order valence-electron chi connectivity index (χ1n) is 7.79. The van der Waals surface area contributed by atoms with Crippen molar-refractivity contribution in [2.24, 2.45) is 0 Å². The molecule has 1 amide bonds. The third-order valence-electron chi connectivity index (χ3n) is 4.26. The number of amides is 1. The first kappa shape index (κ1) is 19.3. The number of nitrogen functional groups attached to an aromatic ring is 1. The lowest BCUT2D eigenvalue weighted by Gasteiger charge is -2.28. The van der Waals surface area contributed by atoms with Crippen LogP contribution >= 0.6 is 0 Å². The summed E-state index contributed by atoms with van der Waals surface area (Å²) in [6.07, 6.45) is -5.08. The van der Waals surface area contributed by atoms with Crippen LogP contribution in [0.5, 0.6) is 0 Å². The van der Waals surface area contributed by atoms with Gasteiger partial charge in [0.25, 0.3) is 6.43 Å². The van der Waals surface area contributed by atoms with Gasteiger partial charge in [-0.05, 0) is 19.3 Å². The van der Waals surface area contributed by atoms with Gasteiger partial charge in [0.2, 0.25) is 0 Å². The van der Waals surface area contributed by atoms with Crippen LogP contribution in [-0.2, 0) is 11.3 Å². The van der Waals surface area contributed by atoms with Gasteiger partial charge in [0.05, 0.1) is 11.9 Å². The van der Waals surface area contributed by atoms with E-state index in [1.54, 1.807) is 4.90 Å². The molecule has 1 atom stereocenters. The van der Waals surface area contributed by atoms with E-state index < -0.39 is 31.1 Å². The van der Waals surface area contributed by atoms with Crippen LogP contribution < -0.4 is 10.6 Å². The Labute approximate surface area is 141 Å². The van der Waals surface area contributed by atoms with Crippen molar-refractivity contribution in [3.05, 3.63) is 6.20 Å². The van der Waals surface area contributed by atoms with Crippen molar-refractivity contribution in [3.8, 4) is 0 Å². The molecule has 0 saturated carbocycles. The Balaban J connectivity index is 2.10. The standard InChI is InChI=1S/C14H20F5N5O/c1-22(13(25)14(17,18)19)9-3-2-5-23(6-4-9)12-10(20)7-21-24(12)8-11(15)16/h7,9,11H,2-6,8,20H2,1H3. The average molecular weight is 369 g/mol. The van der Waals surface area contributed by atoms with E-state index >= 15 is 0 Å². The normalized spacial score (nSPS) is 19.2. The Morgan fingerprint density at radius 3 is 2.68 bits per heavy atom. The van der Waals surface area contributed by atoms with Gasteiger partial charge in [-0.25, -0.2) is 13.5 Å². The van der Waals surface area contributed by atoms with E-state index in [2.05, 4.69) is 5.10 Å². The number of hydrogen-bond donors (Lipinski definition) is 1. The maximum Gasteiger partial charge on any atom is 0.471 e. The Morgan fingerprint density at radius 1 is 1.40 bits per heavy atom. The Bertz CT molecular complexity index is 603. The first-order chi connectivity index (χ1) is 11.6. The molecular formula is C14H20F5N5O. The predicted octanol–water partition coefficient (Wildman–Crippen LogP) is 2.11. The number of carbonyl (C=O) groups excluding carboxylic acids is 1. The second kappa shape index (κ2) is 7.44. The highest BCUT2D eigenvalue weighted by atomic mass is 19.4. The average Bonchev–Trinajstić information content (AvgIpc) is 2.73. The zero-order valence-corrected chi connectivity index (χ0v) is 13.6. The summed E-state index contributed by atoms with van der Waals surface area (Å²) in [6, 6.07) is -0.577. The zero-order chi connectivity index (χ0) is 18.8. The minimum absolute atomic E-state index is 0.235. The zero-order valence-electron chi connectivity index (χ0n) is 13.6. The van der Waals surface area contributed by atoms with Gasteiger partial charge in [0, 0.05) is 26.2 Å². The largest absolute Gasteiger partial charge is 0.471 e. The van der Waals surface area contributed by atoms with Crippen molar-refractivity contribution in [2.45, 2.75) is 44.5 Å². The lowest BCUT2D eigenvalue weighted by molar-refractivity contribution is -0.186. The molecule has 2 heterocycles. The van der Waals surface area contributed by atoms with Crippen LogP contribution in [0.15, 0.2) is 6.20 Å². The number of aromatic nitrogens is 2. The summed E-state index contributed by atoms with van der Waals surface area (Å²) in [5.41, 5.74) is 6.05. The number of alkyl halides is 5. The van der Waals surface area contributed by atoms with E-state index in [-0.39, 0.29) is 12.1 Å². The number of carbonyl (C=O) groups is 1. The molecule has 2 rings (SSSR count). The Hall–Kier alpha value is -2.07. The fraction of sp³-hybridized carbons (Fsp3) is 0.714. The van der Waals surface area contributed by atoms with Gasteiger partial charge in [-0.2, -0.15) is 18.3 Å². The molecule has 1 aliphatic rings. The quantitative estimate of drug-likeness (QED) is 0.826. The molecule has 1 aliphatic heterocycles. The minimum atomic E-state index is -4.92. The maximum atomic E-state index is 12.7. The van der Waals surface area contributed by atoms with Crippen molar-refractivity contribution in [3.63, 3.8) is 0 Å². The molecule has 11 heteroatoms. The Kier molecular flexibility index (Phi) is 5.73. The number of nitrogens with zero attached hydrogens (tertiary/aromatic N) is 4. The van der Waals surface area contributed by atoms with Crippen LogP contribution in [-0.4, -0.2) is 59.4 Å². The minimum Gasteiger partial charge on any atom is -0.394 e. The molecule has 1 saturated heterocycles. The predicted molar refractivity (Wildman–Crippen MR) is 81.3 cm³/mol. The SMILES string of the molecule is CN(C(=O)C(F)(F)F)C1CCCN(c2c(N)cnn2CC(F)F)CC1. The second-order valence-electron chi connectivity index (χ2n) is 5.98. The number of rotatable bonds is 4. The lowest BCUT2D eigenvalue weighted by atomic mass is 10.1. The third-order valence-corrected chi connectivity index (χ3v) is 4.26. The summed E-state index contributed by atoms with van der Waals surface area (Å²) in [5.74, 6) is -1.54. The summed E-state index contributed by atoms with van der Waals surface area (Å²) in [5, 5.41) is 3.83. The van der Waals surface area contributed by atoms with Crippen LogP contribution in [0.3, 0.4) is 0 Å². The molecule has 1 aromatic heterocycles. The van der Waals surface area contributed by atoms with Gasteiger partial charge < -0.3 is 15.5 Å². The van der Waals surface area contributed by atoms with Crippen LogP contribution in [0.1, 0.15) is 19.3 Å². The molecule has 1 unspecified atom stereocenters. The van der Waals surface area contributed by atoms with E-state index in [0.29, 0.717) is 36.6 Å². The van der Waals surface area contributed by atoms with Crippen molar-refractivity contribution in [2.75, 3.05) is 30.8 Å². The first-order valence-corrected chi connectivity index (χ1v) is 7.79. The summed E-state index contributed by atoms with van der Waals surface area (Å²) < 4.78 is 64.2. The van der Waals surface area contributed by atoms with E-state index in [9.17, 15) is 26.7 Å². The fourth-order valence-electron chi connectivity index (χ4n) is 3.05. The number of hydrogen-bond acceptors (Lipinski definition) is 4. The van der Waals surface area contributed by atoms with Gasteiger partial charge in [0.1, 0.15) is 6.54 Å². The molecule has 25 heavy (non-hydrogen) atoms. The molecule has 6 nitrogen and oxygen atoms in total. The number of anilines is 2. The molecule has 142 valence electrons. The van der Waals surface area contributed by atoms with Gasteiger partial charge in [-0.15, -0.1) is 0 Å². The van der Waals surface area contributed by atoms with Crippen molar-refractivity contribution < 1.29 is 26.7 Å². The van der Waals surface area contributed by atoms with E-state index in [4.69, 9.17) is 5.73 Å². The van der Waals surface area contributed by atoms with Crippen LogP contribution in [0.4, 0.5) is 33.5 Å². The van der Waals surface area contributed by atoms with Crippen LogP contribution in [0.25, 0.3) is 0 Å². The molecule has 1 fully saturated rings. The third kappa shape index (κ3) is 4.51.